The lowest BCUT2D eigenvalue weighted by molar-refractivity contribution is 0.441. The summed E-state index contributed by atoms with van der Waals surface area (Å²) in [5, 5.41) is 3.17. The second kappa shape index (κ2) is 6.55. The van der Waals surface area contributed by atoms with Crippen LogP contribution in [-0.4, -0.2) is 12.0 Å². The molecule has 0 heterocycles. The fourth-order valence-electron chi connectivity index (χ4n) is 2.50. The molecule has 4 heteroatoms. The lowest BCUT2D eigenvalue weighted by Crippen LogP contribution is -2.35. The molecule has 0 aliphatic heterocycles. The van der Waals surface area contributed by atoms with E-state index < -0.39 is 0 Å². The Labute approximate surface area is 114 Å². The third kappa shape index (κ3) is 4.23. The van der Waals surface area contributed by atoms with Crippen molar-refractivity contribution in [1.82, 2.24) is 5.32 Å². The maximum absolute atomic E-state index is 12.9. The van der Waals surface area contributed by atoms with Gasteiger partial charge in [-0.05, 0) is 37.5 Å². The number of nitrogens with one attached hydrogen (secondary N) is 1. The molecule has 1 atom stereocenters. The molecule has 0 bridgehead atoms. The van der Waals surface area contributed by atoms with Crippen LogP contribution in [0.3, 0.4) is 0 Å². The van der Waals surface area contributed by atoms with Gasteiger partial charge in [0, 0.05) is 0 Å². The average Bonchev–Trinajstić information content (AvgIpc) is 2.40. The van der Waals surface area contributed by atoms with E-state index >= 15 is 0 Å². The predicted molar refractivity (Wildman–Crippen MR) is 76.4 cm³/mol. The summed E-state index contributed by atoms with van der Waals surface area (Å²) < 4.78 is 12.9. The Hall–Kier alpha value is -1.58. The average molecular weight is 263 g/mol. The molecule has 1 aromatic rings. The third-order valence-electron chi connectivity index (χ3n) is 3.63. The van der Waals surface area contributed by atoms with Crippen LogP contribution in [0.25, 0.3) is 0 Å². The SMILES string of the molecule is CC(NC(N)=NC1CCCCC1)c1ccc(F)cc1. The first-order chi connectivity index (χ1) is 9.15. The van der Waals surface area contributed by atoms with E-state index in [2.05, 4.69) is 10.3 Å². The van der Waals surface area contributed by atoms with Crippen LogP contribution in [0.2, 0.25) is 0 Å². The molecule has 0 amide bonds. The Morgan fingerprint density at radius 1 is 1.26 bits per heavy atom. The zero-order valence-electron chi connectivity index (χ0n) is 11.4. The Balaban J connectivity index is 1.91. The zero-order chi connectivity index (χ0) is 13.7. The first-order valence-electron chi connectivity index (χ1n) is 7.00. The number of benzene rings is 1. The number of guanidine groups is 1. The van der Waals surface area contributed by atoms with Gasteiger partial charge in [-0.25, -0.2) is 4.39 Å². The maximum atomic E-state index is 12.9. The molecular weight excluding hydrogens is 241 g/mol. The van der Waals surface area contributed by atoms with Gasteiger partial charge in [0.25, 0.3) is 0 Å². The molecule has 3 nitrogen and oxygen atoms in total. The van der Waals surface area contributed by atoms with Crippen LogP contribution in [0.5, 0.6) is 0 Å². The summed E-state index contributed by atoms with van der Waals surface area (Å²) in [5.74, 6) is 0.267. The lowest BCUT2D eigenvalue weighted by Gasteiger charge is -2.20. The first kappa shape index (κ1) is 13.8. The molecule has 1 aliphatic carbocycles. The Morgan fingerprint density at radius 2 is 1.89 bits per heavy atom. The molecule has 0 aromatic heterocycles. The standard InChI is InChI=1S/C15H22FN3/c1-11(12-7-9-13(16)10-8-12)18-15(17)19-14-5-3-2-4-6-14/h7-11,14H,2-6H2,1H3,(H3,17,18,19). The van der Waals surface area contributed by atoms with Crippen molar-refractivity contribution >= 4 is 5.96 Å². The molecule has 2 rings (SSSR count). The Morgan fingerprint density at radius 3 is 2.53 bits per heavy atom. The van der Waals surface area contributed by atoms with Gasteiger partial charge >= 0.3 is 0 Å². The highest BCUT2D eigenvalue weighted by molar-refractivity contribution is 5.78. The van der Waals surface area contributed by atoms with Gasteiger partial charge in [-0.3, -0.25) is 4.99 Å². The number of hydrogen-bond acceptors (Lipinski definition) is 1. The van der Waals surface area contributed by atoms with Gasteiger partial charge in [0.2, 0.25) is 0 Å². The summed E-state index contributed by atoms with van der Waals surface area (Å²) in [6.45, 7) is 2.00. The molecule has 1 aromatic carbocycles. The van der Waals surface area contributed by atoms with Crippen LogP contribution in [0, 0.1) is 5.82 Å². The molecule has 1 saturated carbocycles. The van der Waals surface area contributed by atoms with E-state index in [0.717, 1.165) is 18.4 Å². The number of nitrogens with zero attached hydrogens (tertiary/aromatic N) is 1. The van der Waals surface area contributed by atoms with E-state index in [1.165, 1.54) is 31.4 Å². The van der Waals surface area contributed by atoms with Crippen LogP contribution in [0.4, 0.5) is 4.39 Å². The number of aliphatic imine (C=N–C) groups is 1. The minimum Gasteiger partial charge on any atom is -0.370 e. The summed E-state index contributed by atoms with van der Waals surface area (Å²) in [6.07, 6.45) is 6.07. The second-order valence-electron chi connectivity index (χ2n) is 5.22. The number of halogens is 1. The molecule has 1 aliphatic rings. The molecule has 0 saturated heterocycles. The predicted octanol–water partition coefficient (Wildman–Crippen LogP) is 3.12. The summed E-state index contributed by atoms with van der Waals surface area (Å²) in [5.41, 5.74) is 6.94. The summed E-state index contributed by atoms with van der Waals surface area (Å²) in [4.78, 5) is 4.53. The molecule has 3 N–H and O–H groups in total. The van der Waals surface area contributed by atoms with Crippen molar-refractivity contribution in [3.05, 3.63) is 35.6 Å². The molecule has 104 valence electrons. The summed E-state index contributed by atoms with van der Waals surface area (Å²) >= 11 is 0. The van der Waals surface area contributed by atoms with Gasteiger partial charge in [0.05, 0.1) is 12.1 Å². The normalized spacial score (nSPS) is 19.2. The highest BCUT2D eigenvalue weighted by Crippen LogP contribution is 2.20. The fraction of sp³-hybridized carbons (Fsp3) is 0.533. The second-order valence-corrected chi connectivity index (χ2v) is 5.22. The van der Waals surface area contributed by atoms with Crippen LogP contribution in [0.1, 0.15) is 50.6 Å². The van der Waals surface area contributed by atoms with Crippen LogP contribution >= 0.6 is 0 Å². The third-order valence-corrected chi connectivity index (χ3v) is 3.63. The van der Waals surface area contributed by atoms with Crippen molar-refractivity contribution in [2.75, 3.05) is 0 Å². The van der Waals surface area contributed by atoms with Crippen molar-refractivity contribution in [3.8, 4) is 0 Å². The van der Waals surface area contributed by atoms with Crippen molar-refractivity contribution in [3.63, 3.8) is 0 Å². The highest BCUT2D eigenvalue weighted by Gasteiger charge is 2.13. The van der Waals surface area contributed by atoms with Gasteiger partial charge in [-0.2, -0.15) is 0 Å². The Bertz CT molecular complexity index is 422. The maximum Gasteiger partial charge on any atom is 0.189 e. The number of nitrogens with two attached hydrogens (primary N) is 1. The molecule has 0 radical (unpaired) electrons. The van der Waals surface area contributed by atoms with E-state index in [-0.39, 0.29) is 11.9 Å². The first-order valence-corrected chi connectivity index (χ1v) is 7.00. The van der Waals surface area contributed by atoms with Crippen molar-refractivity contribution in [1.29, 1.82) is 0 Å². The van der Waals surface area contributed by atoms with Gasteiger partial charge < -0.3 is 11.1 Å². The van der Waals surface area contributed by atoms with E-state index in [0.29, 0.717) is 12.0 Å². The van der Waals surface area contributed by atoms with Crippen LogP contribution in [0.15, 0.2) is 29.3 Å². The van der Waals surface area contributed by atoms with Crippen molar-refractivity contribution < 1.29 is 4.39 Å². The minimum absolute atomic E-state index is 0.0351. The smallest absolute Gasteiger partial charge is 0.189 e. The van der Waals surface area contributed by atoms with Gasteiger partial charge in [-0.1, -0.05) is 31.4 Å². The number of hydrogen-bond donors (Lipinski definition) is 2. The quantitative estimate of drug-likeness (QED) is 0.650. The van der Waals surface area contributed by atoms with Crippen LogP contribution in [-0.2, 0) is 0 Å². The molecule has 1 fully saturated rings. The van der Waals surface area contributed by atoms with Crippen molar-refractivity contribution in [2.24, 2.45) is 10.7 Å². The Kier molecular flexibility index (Phi) is 4.77. The van der Waals surface area contributed by atoms with Gasteiger partial charge in [0.1, 0.15) is 5.82 Å². The van der Waals surface area contributed by atoms with Gasteiger partial charge in [0.15, 0.2) is 5.96 Å². The van der Waals surface area contributed by atoms with Crippen LogP contribution < -0.4 is 11.1 Å². The summed E-state index contributed by atoms with van der Waals surface area (Å²) in [7, 11) is 0. The minimum atomic E-state index is -0.222. The van der Waals surface area contributed by atoms with E-state index in [4.69, 9.17) is 5.73 Å². The lowest BCUT2D eigenvalue weighted by atomic mass is 9.96. The topological polar surface area (TPSA) is 50.4 Å². The molecule has 0 spiro atoms. The highest BCUT2D eigenvalue weighted by atomic mass is 19.1. The van der Waals surface area contributed by atoms with E-state index in [1.54, 1.807) is 12.1 Å². The van der Waals surface area contributed by atoms with E-state index in [9.17, 15) is 4.39 Å². The summed E-state index contributed by atoms with van der Waals surface area (Å²) in [6, 6.07) is 6.85. The molecule has 1 unspecified atom stereocenters. The largest absolute Gasteiger partial charge is 0.370 e. The fourth-order valence-corrected chi connectivity index (χ4v) is 2.50. The number of rotatable bonds is 3. The van der Waals surface area contributed by atoms with Gasteiger partial charge in [-0.15, -0.1) is 0 Å². The monoisotopic (exact) mass is 263 g/mol. The van der Waals surface area contributed by atoms with E-state index in [1.807, 2.05) is 6.92 Å². The zero-order valence-corrected chi connectivity index (χ0v) is 11.4. The molecular formula is C15H22FN3. The van der Waals surface area contributed by atoms with Crippen molar-refractivity contribution in [2.45, 2.75) is 51.1 Å². The molecule has 19 heavy (non-hydrogen) atoms.